The minimum absolute atomic E-state index is 0.130. The van der Waals surface area contributed by atoms with Crippen LogP contribution in [0.1, 0.15) is 18.4 Å². The Hall–Kier alpha value is -1.69. The van der Waals surface area contributed by atoms with Gasteiger partial charge in [-0.3, -0.25) is 9.69 Å². The number of hydrogen-bond donors (Lipinski definition) is 1. The van der Waals surface area contributed by atoms with Crippen LogP contribution in [0.4, 0.5) is 8.78 Å². The lowest BCUT2D eigenvalue weighted by Gasteiger charge is -2.30. The summed E-state index contributed by atoms with van der Waals surface area (Å²) in [5.74, 6) is -0.939. The van der Waals surface area contributed by atoms with Crippen molar-refractivity contribution >= 4 is 5.97 Å². The van der Waals surface area contributed by atoms with Gasteiger partial charge in [-0.25, -0.2) is 0 Å². The average Bonchev–Trinajstić information content (AvgIpc) is 2.41. The van der Waals surface area contributed by atoms with E-state index in [0.717, 1.165) is 18.5 Å². The molecule has 0 bridgehead atoms. The lowest BCUT2D eigenvalue weighted by Crippen LogP contribution is -2.38. The van der Waals surface area contributed by atoms with Crippen LogP contribution in [-0.4, -0.2) is 35.7 Å². The van der Waals surface area contributed by atoms with Gasteiger partial charge in [0.25, 0.3) is 0 Å². The van der Waals surface area contributed by atoms with Crippen molar-refractivity contribution in [2.75, 3.05) is 13.1 Å². The van der Waals surface area contributed by atoms with E-state index >= 15 is 0 Å². The van der Waals surface area contributed by atoms with Crippen molar-refractivity contribution in [2.45, 2.75) is 26.0 Å². The zero-order valence-corrected chi connectivity index (χ0v) is 11.0. The van der Waals surface area contributed by atoms with Crippen LogP contribution in [-0.2, 0) is 11.3 Å². The predicted octanol–water partition coefficient (Wildman–Crippen LogP) is 2.58. The maximum Gasteiger partial charge on any atom is 0.387 e. The van der Waals surface area contributed by atoms with Gasteiger partial charge in [-0.15, -0.1) is 0 Å². The van der Waals surface area contributed by atoms with Gasteiger partial charge in [0.1, 0.15) is 5.75 Å². The number of carboxylic acids is 1. The highest BCUT2D eigenvalue weighted by molar-refractivity contribution is 5.70. The van der Waals surface area contributed by atoms with Crippen LogP contribution in [0.3, 0.4) is 0 Å². The number of likely N-dealkylation sites (tertiary alicyclic amines) is 1. The normalized spacial score (nSPS) is 20.1. The van der Waals surface area contributed by atoms with E-state index < -0.39 is 12.6 Å². The number of nitrogens with zero attached hydrogens (tertiary/aromatic N) is 1. The largest absolute Gasteiger partial charge is 0.481 e. The van der Waals surface area contributed by atoms with Crippen LogP contribution in [0.25, 0.3) is 0 Å². The topological polar surface area (TPSA) is 49.8 Å². The van der Waals surface area contributed by atoms with E-state index in [4.69, 9.17) is 5.11 Å². The molecule has 1 heterocycles. The first-order valence-corrected chi connectivity index (χ1v) is 6.53. The van der Waals surface area contributed by atoms with Gasteiger partial charge in [0, 0.05) is 13.1 Å². The average molecular weight is 285 g/mol. The monoisotopic (exact) mass is 285 g/mol. The summed E-state index contributed by atoms with van der Waals surface area (Å²) < 4.78 is 28.3. The van der Waals surface area contributed by atoms with Crippen molar-refractivity contribution < 1.29 is 23.4 Å². The summed E-state index contributed by atoms with van der Waals surface area (Å²) >= 11 is 0. The molecule has 0 aromatic heterocycles. The van der Waals surface area contributed by atoms with Crippen molar-refractivity contribution in [3.05, 3.63) is 29.8 Å². The molecule has 110 valence electrons. The lowest BCUT2D eigenvalue weighted by atomic mass is 9.98. The highest BCUT2D eigenvalue weighted by Crippen LogP contribution is 2.20. The number of hydrogen-bond acceptors (Lipinski definition) is 3. The fraction of sp³-hybridized carbons (Fsp3) is 0.500. The van der Waals surface area contributed by atoms with Crippen molar-refractivity contribution in [3.8, 4) is 5.75 Å². The van der Waals surface area contributed by atoms with E-state index in [1.165, 1.54) is 12.1 Å². The quantitative estimate of drug-likeness (QED) is 0.903. The summed E-state index contributed by atoms with van der Waals surface area (Å²) in [6.45, 7) is -0.804. The molecule has 20 heavy (non-hydrogen) atoms. The third-order valence-electron chi connectivity index (χ3n) is 3.41. The number of aliphatic carboxylic acids is 1. The molecule has 0 spiro atoms. The Bertz CT molecular complexity index is 450. The second-order valence-corrected chi connectivity index (χ2v) is 4.93. The Morgan fingerprint density at radius 3 is 2.70 bits per heavy atom. The molecular weight excluding hydrogens is 268 g/mol. The van der Waals surface area contributed by atoms with Gasteiger partial charge in [-0.1, -0.05) is 12.1 Å². The SMILES string of the molecule is O=C(O)C1CCCN(Cc2ccc(OC(F)F)cc2)C1. The summed E-state index contributed by atoms with van der Waals surface area (Å²) in [5.41, 5.74) is 0.956. The Kier molecular flexibility index (Phi) is 4.89. The zero-order valence-electron chi connectivity index (χ0n) is 11.0. The molecule has 1 unspecified atom stereocenters. The van der Waals surface area contributed by atoms with Gasteiger partial charge < -0.3 is 9.84 Å². The van der Waals surface area contributed by atoms with Gasteiger partial charge in [-0.2, -0.15) is 8.78 Å². The van der Waals surface area contributed by atoms with Crippen molar-refractivity contribution in [1.82, 2.24) is 4.90 Å². The van der Waals surface area contributed by atoms with E-state index in [1.807, 2.05) is 0 Å². The van der Waals surface area contributed by atoms with E-state index in [0.29, 0.717) is 19.5 Å². The highest BCUT2D eigenvalue weighted by atomic mass is 19.3. The molecule has 1 aliphatic heterocycles. The molecule has 1 aliphatic rings. The molecular formula is C14H17F2NO3. The first-order chi connectivity index (χ1) is 9.54. The smallest absolute Gasteiger partial charge is 0.387 e. The van der Waals surface area contributed by atoms with E-state index in [2.05, 4.69) is 9.64 Å². The molecule has 1 fully saturated rings. The summed E-state index contributed by atoms with van der Waals surface area (Å²) in [4.78, 5) is 13.1. The van der Waals surface area contributed by atoms with Crippen LogP contribution >= 0.6 is 0 Å². The number of halogens is 2. The van der Waals surface area contributed by atoms with Gasteiger partial charge in [-0.05, 0) is 37.1 Å². The van der Waals surface area contributed by atoms with Crippen molar-refractivity contribution in [1.29, 1.82) is 0 Å². The zero-order chi connectivity index (χ0) is 14.5. The number of carboxylic acid groups (broad SMARTS) is 1. The fourth-order valence-corrected chi connectivity index (χ4v) is 2.44. The maximum atomic E-state index is 12.0. The molecule has 1 atom stereocenters. The van der Waals surface area contributed by atoms with Crippen LogP contribution in [0.2, 0.25) is 0 Å². The van der Waals surface area contributed by atoms with E-state index in [9.17, 15) is 13.6 Å². The van der Waals surface area contributed by atoms with Crippen LogP contribution in [0.15, 0.2) is 24.3 Å². The Morgan fingerprint density at radius 2 is 2.10 bits per heavy atom. The van der Waals surface area contributed by atoms with Crippen LogP contribution in [0, 0.1) is 5.92 Å². The van der Waals surface area contributed by atoms with Crippen molar-refractivity contribution in [2.24, 2.45) is 5.92 Å². The number of alkyl halides is 2. The standard InChI is InChI=1S/C14H17F2NO3/c15-14(16)20-12-5-3-10(4-6-12)8-17-7-1-2-11(9-17)13(18)19/h3-6,11,14H,1-2,7-9H2,(H,18,19). The molecule has 1 N–H and O–H groups in total. The number of rotatable bonds is 5. The molecule has 1 aromatic carbocycles. The third-order valence-corrected chi connectivity index (χ3v) is 3.41. The minimum Gasteiger partial charge on any atom is -0.481 e. The first-order valence-electron chi connectivity index (χ1n) is 6.53. The van der Waals surface area contributed by atoms with Crippen LogP contribution < -0.4 is 4.74 Å². The van der Waals surface area contributed by atoms with Crippen LogP contribution in [0.5, 0.6) is 5.75 Å². The first kappa shape index (κ1) is 14.7. The molecule has 1 saturated heterocycles. The third kappa shape index (κ3) is 4.16. The maximum absolute atomic E-state index is 12.0. The summed E-state index contributed by atoms with van der Waals surface area (Å²) in [7, 11) is 0. The second-order valence-electron chi connectivity index (χ2n) is 4.93. The fourth-order valence-electron chi connectivity index (χ4n) is 2.44. The molecule has 0 radical (unpaired) electrons. The number of carbonyl (C=O) groups is 1. The number of piperidine rings is 1. The van der Waals surface area contributed by atoms with Gasteiger partial charge in [0.15, 0.2) is 0 Å². The number of benzene rings is 1. The summed E-state index contributed by atoms with van der Waals surface area (Å²) in [6.07, 6.45) is 1.58. The lowest BCUT2D eigenvalue weighted by molar-refractivity contribution is -0.143. The van der Waals surface area contributed by atoms with E-state index in [-0.39, 0.29) is 11.7 Å². The highest BCUT2D eigenvalue weighted by Gasteiger charge is 2.25. The summed E-state index contributed by atoms with van der Waals surface area (Å²) in [6, 6.07) is 6.45. The molecule has 1 aromatic rings. The molecule has 0 aliphatic carbocycles. The Balaban J connectivity index is 1.91. The second kappa shape index (κ2) is 6.65. The molecule has 0 saturated carbocycles. The van der Waals surface area contributed by atoms with Gasteiger partial charge in [0.05, 0.1) is 5.92 Å². The molecule has 0 amide bonds. The summed E-state index contributed by atoms with van der Waals surface area (Å²) in [5, 5.41) is 9.03. The molecule has 2 rings (SSSR count). The van der Waals surface area contributed by atoms with Gasteiger partial charge in [0.2, 0.25) is 0 Å². The predicted molar refractivity (Wildman–Crippen MR) is 68.7 cm³/mol. The minimum atomic E-state index is -2.82. The Morgan fingerprint density at radius 1 is 1.40 bits per heavy atom. The van der Waals surface area contributed by atoms with E-state index in [1.54, 1.807) is 12.1 Å². The number of ether oxygens (including phenoxy) is 1. The van der Waals surface area contributed by atoms with Crippen molar-refractivity contribution in [3.63, 3.8) is 0 Å². The van der Waals surface area contributed by atoms with Gasteiger partial charge >= 0.3 is 12.6 Å². The molecule has 6 heteroatoms. The Labute approximate surface area is 116 Å². The molecule has 4 nitrogen and oxygen atoms in total.